The number of rotatable bonds is 1. The van der Waals surface area contributed by atoms with E-state index < -0.39 is 0 Å². The summed E-state index contributed by atoms with van der Waals surface area (Å²) in [6.07, 6.45) is 4.82. The number of fused-ring (bicyclic) bond motifs is 1. The summed E-state index contributed by atoms with van der Waals surface area (Å²) in [4.78, 5) is 0.984. The van der Waals surface area contributed by atoms with Crippen molar-refractivity contribution in [2.24, 2.45) is 0 Å². The molecule has 117 valence electrons. The van der Waals surface area contributed by atoms with Crippen LogP contribution in [0.4, 0.5) is 10.1 Å². The van der Waals surface area contributed by atoms with Crippen molar-refractivity contribution in [3.05, 3.63) is 70.9 Å². The molecule has 0 bridgehead atoms. The van der Waals surface area contributed by atoms with E-state index in [4.69, 9.17) is 23.8 Å². The molecule has 1 radical (unpaired) electrons. The zero-order chi connectivity index (χ0) is 16.0. The third-order valence-electron chi connectivity index (χ3n) is 4.95. The molecule has 1 aliphatic carbocycles. The molecule has 0 saturated heterocycles. The van der Waals surface area contributed by atoms with Crippen LogP contribution in [0.15, 0.2) is 42.5 Å². The molecular formula is C19H16ClFNS. The van der Waals surface area contributed by atoms with Crippen molar-refractivity contribution in [2.75, 3.05) is 5.32 Å². The number of hydrogen-bond donors (Lipinski definition) is 1. The summed E-state index contributed by atoms with van der Waals surface area (Å²) in [6, 6.07) is 13.4. The Balaban J connectivity index is 1.64. The first-order valence-electron chi connectivity index (χ1n) is 7.76. The summed E-state index contributed by atoms with van der Waals surface area (Å²) < 4.78 is 13.4. The van der Waals surface area contributed by atoms with E-state index in [1.54, 1.807) is 6.07 Å². The first-order valence-corrected chi connectivity index (χ1v) is 8.55. The number of para-hydroxylation sites is 1. The number of hydrogen-bond acceptors (Lipinski definition) is 2. The smallest absolute Gasteiger partial charge is 0.141 e. The summed E-state index contributed by atoms with van der Waals surface area (Å²) in [5.74, 6) is -0.0755. The lowest BCUT2D eigenvalue weighted by Gasteiger charge is -2.39. The Hall–Kier alpha value is -1.45. The monoisotopic (exact) mass is 344 g/mol. The third kappa shape index (κ3) is 2.56. The topological polar surface area (TPSA) is 12.0 Å². The molecule has 2 aliphatic rings. The molecule has 23 heavy (non-hydrogen) atoms. The van der Waals surface area contributed by atoms with Crippen LogP contribution in [0.5, 0.6) is 0 Å². The van der Waals surface area contributed by atoms with Gasteiger partial charge in [0, 0.05) is 23.4 Å². The van der Waals surface area contributed by atoms with Gasteiger partial charge in [-0.15, -0.1) is 0 Å². The molecular weight excluding hydrogens is 329 g/mol. The van der Waals surface area contributed by atoms with Gasteiger partial charge in [-0.3, -0.25) is 0 Å². The highest BCUT2D eigenvalue weighted by Crippen LogP contribution is 2.45. The lowest BCUT2D eigenvalue weighted by atomic mass is 9.72. The highest BCUT2D eigenvalue weighted by Gasteiger charge is 2.44. The summed E-state index contributed by atoms with van der Waals surface area (Å²) in [5.41, 5.74) is 3.34. The summed E-state index contributed by atoms with van der Waals surface area (Å²) in [6.45, 7) is 0. The van der Waals surface area contributed by atoms with Crippen LogP contribution >= 0.6 is 23.8 Å². The summed E-state index contributed by atoms with van der Waals surface area (Å²) in [7, 11) is 0. The predicted octanol–water partition coefficient (Wildman–Crippen LogP) is 5.34. The Bertz CT molecular complexity index is 764. The molecule has 2 unspecified atom stereocenters. The lowest BCUT2D eigenvalue weighted by Crippen LogP contribution is -2.48. The molecule has 1 aliphatic heterocycles. The van der Waals surface area contributed by atoms with Gasteiger partial charge in [0.2, 0.25) is 0 Å². The Labute approximate surface area is 145 Å². The molecule has 1 saturated carbocycles. The van der Waals surface area contributed by atoms with Crippen molar-refractivity contribution in [3.63, 3.8) is 0 Å². The molecule has 2 aromatic carbocycles. The molecule has 1 heterocycles. The van der Waals surface area contributed by atoms with Gasteiger partial charge in [0.25, 0.3) is 0 Å². The van der Waals surface area contributed by atoms with Crippen molar-refractivity contribution < 1.29 is 4.39 Å². The van der Waals surface area contributed by atoms with Crippen LogP contribution in [0.3, 0.4) is 0 Å². The Morgan fingerprint density at radius 1 is 1.22 bits per heavy atom. The van der Waals surface area contributed by atoms with Crippen molar-refractivity contribution in [1.82, 2.24) is 0 Å². The molecule has 0 amide bonds. The van der Waals surface area contributed by atoms with Gasteiger partial charge in [-0.25, -0.2) is 4.39 Å². The number of thiocarbonyl (C=S) groups is 1. The normalized spacial score (nSPS) is 26.2. The molecule has 1 fully saturated rings. The molecule has 1 nitrogen and oxygen atoms in total. The van der Waals surface area contributed by atoms with Crippen LogP contribution in [0.25, 0.3) is 0 Å². The Morgan fingerprint density at radius 3 is 2.83 bits per heavy atom. The highest BCUT2D eigenvalue weighted by atomic mass is 35.5. The Kier molecular flexibility index (Phi) is 3.66. The number of nitrogens with one attached hydrogen (secondary N) is 1. The second-order valence-corrected chi connectivity index (χ2v) is 7.27. The minimum absolute atomic E-state index is 0.187. The third-order valence-corrected chi connectivity index (χ3v) is 5.80. The maximum Gasteiger partial charge on any atom is 0.141 e. The SMILES string of the molecule is Fc1ccc(C2C[CH]C(=S)C3(Cc4ccccc4N3)C2)cc1Cl. The van der Waals surface area contributed by atoms with Crippen LogP contribution in [0, 0.1) is 12.2 Å². The minimum atomic E-state index is -0.369. The average molecular weight is 345 g/mol. The molecule has 4 heteroatoms. The fourth-order valence-corrected chi connectivity index (χ4v) is 4.26. The van der Waals surface area contributed by atoms with Crippen molar-refractivity contribution in [1.29, 1.82) is 0 Å². The largest absolute Gasteiger partial charge is 0.374 e. The van der Waals surface area contributed by atoms with Gasteiger partial charge in [0.1, 0.15) is 5.82 Å². The second kappa shape index (κ2) is 5.57. The van der Waals surface area contributed by atoms with E-state index in [0.29, 0.717) is 5.92 Å². The van der Waals surface area contributed by atoms with Crippen LogP contribution in [-0.4, -0.2) is 10.4 Å². The summed E-state index contributed by atoms with van der Waals surface area (Å²) >= 11 is 11.6. The van der Waals surface area contributed by atoms with E-state index >= 15 is 0 Å². The van der Waals surface area contributed by atoms with Gasteiger partial charge in [0.15, 0.2) is 0 Å². The molecule has 1 N–H and O–H groups in total. The zero-order valence-electron chi connectivity index (χ0n) is 12.5. The van der Waals surface area contributed by atoms with Gasteiger partial charge in [0.05, 0.1) is 10.6 Å². The maximum atomic E-state index is 13.4. The summed E-state index contributed by atoms with van der Waals surface area (Å²) in [5, 5.41) is 3.83. The van der Waals surface area contributed by atoms with Crippen molar-refractivity contribution >= 4 is 34.4 Å². The first-order chi connectivity index (χ1) is 11.1. The molecule has 2 atom stereocenters. The van der Waals surface area contributed by atoms with E-state index in [9.17, 15) is 4.39 Å². The maximum absolute atomic E-state index is 13.4. The van der Waals surface area contributed by atoms with Crippen LogP contribution in [0.2, 0.25) is 5.02 Å². The van der Waals surface area contributed by atoms with Crippen LogP contribution in [0.1, 0.15) is 29.9 Å². The quantitative estimate of drug-likeness (QED) is 0.701. The van der Waals surface area contributed by atoms with Gasteiger partial charge in [-0.05, 0) is 48.1 Å². The zero-order valence-corrected chi connectivity index (χ0v) is 14.1. The van der Waals surface area contributed by atoms with E-state index in [0.717, 1.165) is 29.7 Å². The van der Waals surface area contributed by atoms with Gasteiger partial charge in [-0.2, -0.15) is 0 Å². The van der Waals surface area contributed by atoms with Gasteiger partial charge in [-0.1, -0.05) is 48.1 Å². The van der Waals surface area contributed by atoms with Crippen LogP contribution in [-0.2, 0) is 6.42 Å². The predicted molar refractivity (Wildman–Crippen MR) is 96.8 cm³/mol. The highest BCUT2D eigenvalue weighted by molar-refractivity contribution is 7.80. The van der Waals surface area contributed by atoms with Crippen LogP contribution < -0.4 is 5.32 Å². The van der Waals surface area contributed by atoms with Crippen molar-refractivity contribution in [2.45, 2.75) is 30.7 Å². The molecule has 1 spiro atoms. The van der Waals surface area contributed by atoms with E-state index in [2.05, 4.69) is 29.9 Å². The van der Waals surface area contributed by atoms with E-state index in [-0.39, 0.29) is 16.4 Å². The number of benzene rings is 2. The standard InChI is InChI=1S/C19H16ClFNS/c20-15-9-12(5-7-16(15)21)13-6-8-18(23)19(10-13)11-14-3-1-2-4-17(14)22-19/h1-5,7-9,13,22H,6,10-11H2. The molecule has 0 aromatic heterocycles. The number of anilines is 1. The molecule has 4 rings (SSSR count). The Morgan fingerprint density at radius 2 is 2.04 bits per heavy atom. The lowest BCUT2D eigenvalue weighted by molar-refractivity contribution is 0.476. The fraction of sp³-hybridized carbons (Fsp3) is 0.263. The fourth-order valence-electron chi connectivity index (χ4n) is 3.76. The van der Waals surface area contributed by atoms with E-state index in [1.165, 1.54) is 17.3 Å². The van der Waals surface area contributed by atoms with Gasteiger partial charge >= 0.3 is 0 Å². The first kappa shape index (κ1) is 15.1. The number of halogens is 2. The van der Waals surface area contributed by atoms with Gasteiger partial charge < -0.3 is 5.32 Å². The van der Waals surface area contributed by atoms with E-state index in [1.807, 2.05) is 12.1 Å². The van der Waals surface area contributed by atoms with Crippen molar-refractivity contribution in [3.8, 4) is 0 Å². The minimum Gasteiger partial charge on any atom is -0.374 e. The molecule has 2 aromatic rings. The second-order valence-electron chi connectivity index (χ2n) is 6.42. The average Bonchev–Trinajstić information content (AvgIpc) is 2.92.